The second-order valence-electron chi connectivity index (χ2n) is 2.80. The van der Waals surface area contributed by atoms with E-state index in [1.165, 1.54) is 18.1 Å². The van der Waals surface area contributed by atoms with E-state index in [9.17, 15) is 4.79 Å². The molecule has 0 unspecified atom stereocenters. The van der Waals surface area contributed by atoms with Crippen LogP contribution in [0, 0.1) is 0 Å². The van der Waals surface area contributed by atoms with E-state index < -0.39 is 5.97 Å². The molecule has 2 aromatic rings. The Morgan fingerprint density at radius 3 is 2.73 bits per heavy atom. The molecule has 2 rings (SSSR count). The molecule has 0 aliphatic rings. The van der Waals surface area contributed by atoms with Gasteiger partial charge in [0, 0.05) is 4.90 Å². The Kier molecular flexibility index (Phi) is 2.73. The van der Waals surface area contributed by atoms with Crippen LogP contribution < -0.4 is 0 Å². The highest BCUT2D eigenvalue weighted by atomic mass is 32.2. The fraction of sp³-hybridized carbons (Fsp3) is 0. The first kappa shape index (κ1) is 9.79. The van der Waals surface area contributed by atoms with Crippen LogP contribution in [0.4, 0.5) is 0 Å². The van der Waals surface area contributed by atoms with E-state index >= 15 is 0 Å². The summed E-state index contributed by atoms with van der Waals surface area (Å²) in [7, 11) is 0. The minimum Gasteiger partial charge on any atom is -0.476 e. The highest BCUT2D eigenvalue weighted by Crippen LogP contribution is 2.27. The van der Waals surface area contributed by atoms with E-state index in [0.717, 1.165) is 4.90 Å². The van der Waals surface area contributed by atoms with Crippen LogP contribution in [-0.2, 0) is 0 Å². The molecule has 5 heteroatoms. The number of nitrogens with zero attached hydrogens (tertiary/aromatic N) is 1. The molecule has 0 saturated carbocycles. The summed E-state index contributed by atoms with van der Waals surface area (Å²) >= 11 is 1.33. The standard InChI is InChI=1S/C10H8N2O2S/c13-10(14)8-9(12-6-11-8)15-7-4-2-1-3-5-7/h1-6H,(H,11,12)(H,13,14). The van der Waals surface area contributed by atoms with Crippen molar-refractivity contribution in [3.8, 4) is 0 Å². The number of benzene rings is 1. The van der Waals surface area contributed by atoms with Crippen molar-refractivity contribution < 1.29 is 9.90 Å². The van der Waals surface area contributed by atoms with Crippen LogP contribution in [-0.4, -0.2) is 21.0 Å². The molecule has 15 heavy (non-hydrogen) atoms. The van der Waals surface area contributed by atoms with Crippen LogP contribution in [0.5, 0.6) is 0 Å². The first-order chi connectivity index (χ1) is 7.27. The number of imidazole rings is 1. The number of aromatic nitrogens is 2. The third-order valence-corrected chi connectivity index (χ3v) is 2.79. The summed E-state index contributed by atoms with van der Waals surface area (Å²) in [6.07, 6.45) is 1.38. The zero-order chi connectivity index (χ0) is 10.7. The molecule has 1 aromatic heterocycles. The first-order valence-electron chi connectivity index (χ1n) is 4.27. The molecule has 4 nitrogen and oxygen atoms in total. The smallest absolute Gasteiger partial charge is 0.355 e. The van der Waals surface area contributed by atoms with Gasteiger partial charge in [-0.2, -0.15) is 0 Å². The summed E-state index contributed by atoms with van der Waals surface area (Å²) in [6, 6.07) is 9.52. The Hall–Kier alpha value is -1.75. The van der Waals surface area contributed by atoms with E-state index in [1.54, 1.807) is 0 Å². The highest BCUT2D eigenvalue weighted by Gasteiger charge is 2.13. The van der Waals surface area contributed by atoms with Gasteiger partial charge < -0.3 is 10.1 Å². The first-order valence-corrected chi connectivity index (χ1v) is 5.08. The molecule has 0 amide bonds. The minimum absolute atomic E-state index is 0.129. The van der Waals surface area contributed by atoms with Gasteiger partial charge in [-0.1, -0.05) is 30.0 Å². The van der Waals surface area contributed by atoms with Crippen LogP contribution in [0.15, 0.2) is 46.6 Å². The van der Waals surface area contributed by atoms with Gasteiger partial charge in [-0.05, 0) is 12.1 Å². The van der Waals surface area contributed by atoms with Gasteiger partial charge in [0.25, 0.3) is 0 Å². The molecule has 0 bridgehead atoms. The van der Waals surface area contributed by atoms with Gasteiger partial charge in [-0.15, -0.1) is 0 Å². The lowest BCUT2D eigenvalue weighted by Crippen LogP contribution is -1.98. The van der Waals surface area contributed by atoms with Crippen molar-refractivity contribution in [2.24, 2.45) is 0 Å². The number of nitrogens with one attached hydrogen (secondary N) is 1. The molecular formula is C10H8N2O2S. The number of carboxylic acids is 1. The van der Waals surface area contributed by atoms with Crippen LogP contribution in [0.1, 0.15) is 10.5 Å². The van der Waals surface area contributed by atoms with Crippen molar-refractivity contribution in [3.05, 3.63) is 42.4 Å². The Labute approximate surface area is 90.4 Å². The summed E-state index contributed by atoms with van der Waals surface area (Å²) in [5.41, 5.74) is 0.129. The average Bonchev–Trinajstić information content (AvgIpc) is 2.67. The molecular weight excluding hydrogens is 212 g/mol. The number of H-pyrrole nitrogens is 1. The molecule has 1 aromatic carbocycles. The topological polar surface area (TPSA) is 66.0 Å². The van der Waals surface area contributed by atoms with Gasteiger partial charge in [0.1, 0.15) is 5.03 Å². The predicted octanol–water partition coefficient (Wildman–Crippen LogP) is 2.26. The minimum atomic E-state index is -0.995. The van der Waals surface area contributed by atoms with E-state index in [-0.39, 0.29) is 5.69 Å². The van der Waals surface area contributed by atoms with Crippen LogP contribution >= 0.6 is 11.8 Å². The molecule has 0 saturated heterocycles. The molecule has 0 radical (unpaired) electrons. The van der Waals surface area contributed by atoms with E-state index in [2.05, 4.69) is 9.97 Å². The number of carboxylic acid groups (broad SMARTS) is 1. The second kappa shape index (κ2) is 4.18. The van der Waals surface area contributed by atoms with Gasteiger partial charge in [0.2, 0.25) is 0 Å². The summed E-state index contributed by atoms with van der Waals surface area (Å²) in [5.74, 6) is -0.995. The molecule has 0 aliphatic heterocycles. The van der Waals surface area contributed by atoms with Crippen molar-refractivity contribution in [1.29, 1.82) is 0 Å². The molecule has 0 fully saturated rings. The van der Waals surface area contributed by atoms with Gasteiger partial charge in [0.05, 0.1) is 6.33 Å². The Morgan fingerprint density at radius 1 is 1.33 bits per heavy atom. The van der Waals surface area contributed by atoms with Crippen molar-refractivity contribution in [3.63, 3.8) is 0 Å². The second-order valence-corrected chi connectivity index (χ2v) is 3.87. The van der Waals surface area contributed by atoms with Crippen LogP contribution in [0.2, 0.25) is 0 Å². The van der Waals surface area contributed by atoms with Gasteiger partial charge in [-0.25, -0.2) is 9.78 Å². The van der Waals surface area contributed by atoms with Gasteiger partial charge >= 0.3 is 5.97 Å². The van der Waals surface area contributed by atoms with Crippen molar-refractivity contribution in [2.75, 3.05) is 0 Å². The molecule has 2 N–H and O–H groups in total. The normalized spacial score (nSPS) is 10.1. The quantitative estimate of drug-likeness (QED) is 0.832. The van der Waals surface area contributed by atoms with Crippen LogP contribution in [0.25, 0.3) is 0 Å². The molecule has 0 spiro atoms. The third-order valence-electron chi connectivity index (χ3n) is 1.78. The monoisotopic (exact) mass is 220 g/mol. The zero-order valence-electron chi connectivity index (χ0n) is 7.68. The maximum Gasteiger partial charge on any atom is 0.355 e. The number of hydrogen-bond acceptors (Lipinski definition) is 3. The largest absolute Gasteiger partial charge is 0.476 e. The summed E-state index contributed by atoms with van der Waals surface area (Å²) in [6.45, 7) is 0. The predicted molar refractivity (Wildman–Crippen MR) is 56.1 cm³/mol. The highest BCUT2D eigenvalue weighted by molar-refractivity contribution is 7.99. The van der Waals surface area contributed by atoms with E-state index in [4.69, 9.17) is 5.11 Å². The molecule has 76 valence electrons. The van der Waals surface area contributed by atoms with Crippen LogP contribution in [0.3, 0.4) is 0 Å². The Bertz CT molecular complexity index is 467. The van der Waals surface area contributed by atoms with Gasteiger partial charge in [-0.3, -0.25) is 0 Å². The lowest BCUT2D eigenvalue weighted by Gasteiger charge is -1.98. The maximum atomic E-state index is 10.8. The van der Waals surface area contributed by atoms with Gasteiger partial charge in [0.15, 0.2) is 5.69 Å². The summed E-state index contributed by atoms with van der Waals surface area (Å²) in [5, 5.41) is 9.33. The summed E-state index contributed by atoms with van der Waals surface area (Å²) in [4.78, 5) is 18.3. The third kappa shape index (κ3) is 2.19. The number of aromatic amines is 1. The number of rotatable bonds is 3. The SMILES string of the molecule is O=C(O)c1[nH]cnc1Sc1ccccc1. The number of hydrogen-bond donors (Lipinski definition) is 2. The molecule has 1 heterocycles. The molecule has 0 aliphatic carbocycles. The fourth-order valence-corrected chi connectivity index (χ4v) is 1.98. The van der Waals surface area contributed by atoms with Crippen molar-refractivity contribution in [1.82, 2.24) is 9.97 Å². The lowest BCUT2D eigenvalue weighted by atomic mass is 10.4. The average molecular weight is 220 g/mol. The Morgan fingerprint density at radius 2 is 2.07 bits per heavy atom. The zero-order valence-corrected chi connectivity index (χ0v) is 8.49. The van der Waals surface area contributed by atoms with E-state index in [0.29, 0.717) is 5.03 Å². The number of aromatic carboxylic acids is 1. The number of carbonyl (C=O) groups is 1. The molecule has 0 atom stereocenters. The van der Waals surface area contributed by atoms with E-state index in [1.807, 2.05) is 30.3 Å². The Balaban J connectivity index is 2.25. The fourth-order valence-electron chi connectivity index (χ4n) is 1.11. The van der Waals surface area contributed by atoms with Crippen molar-refractivity contribution in [2.45, 2.75) is 9.92 Å². The maximum absolute atomic E-state index is 10.8. The summed E-state index contributed by atoms with van der Waals surface area (Å²) < 4.78 is 0. The van der Waals surface area contributed by atoms with Crippen molar-refractivity contribution >= 4 is 17.7 Å². The lowest BCUT2D eigenvalue weighted by molar-refractivity contribution is 0.0687.